The molecule has 1 aromatic rings. The first-order valence-corrected chi connectivity index (χ1v) is 7.34. The summed E-state index contributed by atoms with van der Waals surface area (Å²) in [6.07, 6.45) is 1.78. The maximum Gasteiger partial charge on any atom is 0.223 e. The first-order valence-electron chi connectivity index (χ1n) is 7.34. The van der Waals surface area contributed by atoms with Crippen LogP contribution in [0.5, 0.6) is 0 Å². The summed E-state index contributed by atoms with van der Waals surface area (Å²) in [4.78, 5) is 12.3. The second kappa shape index (κ2) is 8.35. The Bertz CT molecular complexity index is 444. The van der Waals surface area contributed by atoms with Gasteiger partial charge in [0.2, 0.25) is 5.91 Å². The number of halogens is 2. The summed E-state index contributed by atoms with van der Waals surface area (Å²) in [7, 11) is 0. The van der Waals surface area contributed by atoms with E-state index in [1.54, 1.807) is 12.1 Å². The van der Waals surface area contributed by atoms with Crippen LogP contribution in [0.3, 0.4) is 0 Å². The number of benzene rings is 1. The second-order valence-corrected chi connectivity index (χ2v) is 5.81. The fourth-order valence-electron chi connectivity index (χ4n) is 2.66. The third-order valence-corrected chi connectivity index (χ3v) is 3.90. The van der Waals surface area contributed by atoms with Gasteiger partial charge in [-0.05, 0) is 49.5 Å². The molecule has 0 aliphatic carbocycles. The molecule has 1 saturated heterocycles. The van der Waals surface area contributed by atoms with E-state index >= 15 is 0 Å². The molecular formula is C16H24ClFN2O. The lowest BCUT2D eigenvalue weighted by Crippen LogP contribution is -2.40. The number of rotatable bonds is 4. The summed E-state index contributed by atoms with van der Waals surface area (Å²) >= 11 is 0. The van der Waals surface area contributed by atoms with Crippen LogP contribution >= 0.6 is 12.4 Å². The molecule has 1 aliphatic rings. The number of carbonyl (C=O) groups is 1. The Balaban J connectivity index is 0.00000220. The normalized spacial score (nSPS) is 17.1. The van der Waals surface area contributed by atoms with Gasteiger partial charge in [-0.3, -0.25) is 4.79 Å². The molecule has 2 rings (SSSR count). The molecule has 0 radical (unpaired) electrons. The average molecular weight is 315 g/mol. The van der Waals surface area contributed by atoms with E-state index in [9.17, 15) is 9.18 Å². The monoisotopic (exact) mass is 314 g/mol. The lowest BCUT2D eigenvalue weighted by atomic mass is 9.93. The molecular weight excluding hydrogens is 291 g/mol. The van der Waals surface area contributed by atoms with E-state index in [0.717, 1.165) is 31.5 Å². The standard InChI is InChI=1S/C16H23FN2O.ClH/c1-11(2)15(12-3-5-14(17)6-4-12)19-16(20)13-7-9-18-10-8-13;/h3-6,11,13,15,18H,7-10H2,1-2H3,(H,19,20);1H/t15-;/m1./s1. The van der Waals surface area contributed by atoms with E-state index < -0.39 is 0 Å². The number of hydrogen-bond donors (Lipinski definition) is 2. The van der Waals surface area contributed by atoms with Crippen LogP contribution in [-0.2, 0) is 4.79 Å². The van der Waals surface area contributed by atoms with Crippen molar-refractivity contribution in [2.75, 3.05) is 13.1 Å². The van der Waals surface area contributed by atoms with E-state index in [-0.39, 0.29) is 42.0 Å². The summed E-state index contributed by atoms with van der Waals surface area (Å²) in [6.45, 7) is 5.94. The molecule has 5 heteroatoms. The van der Waals surface area contributed by atoms with Gasteiger partial charge in [-0.25, -0.2) is 4.39 Å². The quantitative estimate of drug-likeness (QED) is 0.897. The highest BCUT2D eigenvalue weighted by atomic mass is 35.5. The van der Waals surface area contributed by atoms with Crippen LogP contribution in [0.15, 0.2) is 24.3 Å². The summed E-state index contributed by atoms with van der Waals surface area (Å²) in [6, 6.07) is 6.34. The molecule has 0 unspecified atom stereocenters. The van der Waals surface area contributed by atoms with Gasteiger partial charge in [-0.1, -0.05) is 26.0 Å². The predicted molar refractivity (Wildman–Crippen MR) is 85.0 cm³/mol. The average Bonchev–Trinajstić information content (AvgIpc) is 2.46. The molecule has 118 valence electrons. The topological polar surface area (TPSA) is 41.1 Å². The van der Waals surface area contributed by atoms with Gasteiger partial charge in [0.25, 0.3) is 0 Å². The summed E-state index contributed by atoms with van der Waals surface area (Å²) in [5.74, 6) is 0.236. The SMILES string of the molecule is CC(C)[C@@H](NC(=O)C1CCNCC1)c1ccc(F)cc1.Cl. The van der Waals surface area contributed by atoms with Crippen molar-refractivity contribution in [1.82, 2.24) is 10.6 Å². The zero-order valence-corrected chi connectivity index (χ0v) is 13.4. The molecule has 1 amide bonds. The molecule has 1 aromatic carbocycles. The Hall–Kier alpha value is -1.13. The van der Waals surface area contributed by atoms with Gasteiger partial charge >= 0.3 is 0 Å². The minimum atomic E-state index is -0.249. The molecule has 1 aliphatic heterocycles. The van der Waals surface area contributed by atoms with E-state index in [1.807, 2.05) is 0 Å². The number of amides is 1. The predicted octanol–water partition coefficient (Wildman–Crippen LogP) is 3.06. The van der Waals surface area contributed by atoms with Gasteiger partial charge < -0.3 is 10.6 Å². The van der Waals surface area contributed by atoms with Crippen molar-refractivity contribution in [1.29, 1.82) is 0 Å². The number of hydrogen-bond acceptors (Lipinski definition) is 2. The molecule has 2 N–H and O–H groups in total. The Morgan fingerprint density at radius 2 is 1.81 bits per heavy atom. The van der Waals surface area contributed by atoms with Gasteiger partial charge in [0, 0.05) is 5.92 Å². The Morgan fingerprint density at radius 3 is 2.33 bits per heavy atom. The highest BCUT2D eigenvalue weighted by Gasteiger charge is 2.25. The highest BCUT2D eigenvalue weighted by Crippen LogP contribution is 2.23. The van der Waals surface area contributed by atoms with Crippen molar-refractivity contribution in [3.63, 3.8) is 0 Å². The Morgan fingerprint density at radius 1 is 1.24 bits per heavy atom. The molecule has 21 heavy (non-hydrogen) atoms. The van der Waals surface area contributed by atoms with Gasteiger partial charge in [0.05, 0.1) is 6.04 Å². The van der Waals surface area contributed by atoms with Gasteiger partial charge in [-0.2, -0.15) is 0 Å². The van der Waals surface area contributed by atoms with Crippen LogP contribution in [-0.4, -0.2) is 19.0 Å². The van der Waals surface area contributed by atoms with Crippen LogP contribution in [0.2, 0.25) is 0 Å². The van der Waals surface area contributed by atoms with Crippen molar-refractivity contribution in [2.24, 2.45) is 11.8 Å². The third-order valence-electron chi connectivity index (χ3n) is 3.90. The van der Waals surface area contributed by atoms with Crippen LogP contribution in [0.1, 0.15) is 38.3 Å². The lowest BCUT2D eigenvalue weighted by molar-refractivity contribution is -0.126. The molecule has 0 spiro atoms. The zero-order valence-electron chi connectivity index (χ0n) is 12.6. The maximum absolute atomic E-state index is 13.0. The van der Waals surface area contributed by atoms with Crippen LogP contribution < -0.4 is 10.6 Å². The fourth-order valence-corrected chi connectivity index (χ4v) is 2.66. The Kier molecular flexibility index (Phi) is 7.12. The number of carbonyl (C=O) groups excluding carboxylic acids is 1. The minimum Gasteiger partial charge on any atom is -0.349 e. The smallest absolute Gasteiger partial charge is 0.223 e. The zero-order chi connectivity index (χ0) is 14.5. The number of nitrogens with one attached hydrogen (secondary N) is 2. The first kappa shape index (κ1) is 17.9. The summed E-state index contributed by atoms with van der Waals surface area (Å²) in [5.41, 5.74) is 0.962. The van der Waals surface area contributed by atoms with E-state index in [0.29, 0.717) is 0 Å². The molecule has 0 bridgehead atoms. The fraction of sp³-hybridized carbons (Fsp3) is 0.562. The molecule has 0 saturated carbocycles. The van der Waals surface area contributed by atoms with Crippen molar-refractivity contribution in [2.45, 2.75) is 32.7 Å². The van der Waals surface area contributed by atoms with Crippen LogP contribution in [0.25, 0.3) is 0 Å². The summed E-state index contributed by atoms with van der Waals surface area (Å²) < 4.78 is 13.0. The summed E-state index contributed by atoms with van der Waals surface area (Å²) in [5, 5.41) is 6.39. The minimum absolute atomic E-state index is 0. The maximum atomic E-state index is 13.0. The highest BCUT2D eigenvalue weighted by molar-refractivity contribution is 5.85. The van der Waals surface area contributed by atoms with E-state index in [4.69, 9.17) is 0 Å². The Labute approximate surface area is 132 Å². The van der Waals surface area contributed by atoms with Crippen molar-refractivity contribution in [3.8, 4) is 0 Å². The van der Waals surface area contributed by atoms with Crippen molar-refractivity contribution < 1.29 is 9.18 Å². The largest absolute Gasteiger partial charge is 0.349 e. The third kappa shape index (κ3) is 4.97. The first-order chi connectivity index (χ1) is 9.58. The second-order valence-electron chi connectivity index (χ2n) is 5.81. The van der Waals surface area contributed by atoms with Gasteiger partial charge in [0.1, 0.15) is 5.82 Å². The molecule has 3 nitrogen and oxygen atoms in total. The van der Waals surface area contributed by atoms with E-state index in [2.05, 4.69) is 24.5 Å². The van der Waals surface area contributed by atoms with Crippen LogP contribution in [0, 0.1) is 17.7 Å². The van der Waals surface area contributed by atoms with Crippen molar-refractivity contribution in [3.05, 3.63) is 35.6 Å². The van der Waals surface area contributed by atoms with Crippen molar-refractivity contribution >= 4 is 18.3 Å². The van der Waals surface area contributed by atoms with Gasteiger partial charge in [-0.15, -0.1) is 12.4 Å². The molecule has 0 aromatic heterocycles. The number of piperidine rings is 1. The molecule has 1 fully saturated rings. The van der Waals surface area contributed by atoms with Crippen LogP contribution in [0.4, 0.5) is 4.39 Å². The molecule has 1 atom stereocenters. The van der Waals surface area contributed by atoms with Gasteiger partial charge in [0.15, 0.2) is 0 Å². The lowest BCUT2D eigenvalue weighted by Gasteiger charge is -2.27. The molecule has 1 heterocycles. The van der Waals surface area contributed by atoms with E-state index in [1.165, 1.54) is 12.1 Å².